The fraction of sp³-hybridized carbons (Fsp3) is 0.316. The van der Waals surface area contributed by atoms with Crippen molar-refractivity contribution < 1.29 is 17.6 Å². The molecule has 0 radical (unpaired) electrons. The molecule has 0 bridgehead atoms. The number of benzene rings is 1. The molecule has 0 spiro atoms. The maximum absolute atomic E-state index is 12.3. The highest BCUT2D eigenvalue weighted by molar-refractivity contribution is 9.10. The third-order valence-corrected chi connectivity index (χ3v) is 7.78. The quantitative estimate of drug-likeness (QED) is 0.486. The third kappa shape index (κ3) is 5.13. The van der Waals surface area contributed by atoms with Crippen LogP contribution in [0.4, 0.5) is 0 Å². The smallest absolute Gasteiger partial charge is 0.230 e. The highest BCUT2D eigenvalue weighted by atomic mass is 79.9. The molecule has 8 nitrogen and oxygen atoms in total. The van der Waals surface area contributed by atoms with E-state index in [-0.39, 0.29) is 29.2 Å². The van der Waals surface area contributed by atoms with Crippen molar-refractivity contribution in [1.82, 2.24) is 20.1 Å². The number of halogens is 1. The van der Waals surface area contributed by atoms with Crippen molar-refractivity contribution in [3.63, 3.8) is 0 Å². The van der Waals surface area contributed by atoms with Gasteiger partial charge in [-0.05, 0) is 40.0 Å². The molecule has 0 aliphatic carbocycles. The largest absolute Gasteiger partial charge is 0.446 e. The molecule has 0 saturated carbocycles. The zero-order valence-corrected chi connectivity index (χ0v) is 19.0. The van der Waals surface area contributed by atoms with Crippen molar-refractivity contribution in [2.75, 3.05) is 17.3 Å². The second kappa shape index (κ2) is 8.94. The molecule has 1 N–H and O–H groups in total. The lowest BCUT2D eigenvalue weighted by Gasteiger charge is -2.11. The molecule has 11 heteroatoms. The molecule has 1 atom stereocenters. The number of aromatic nitrogens is 3. The molecule has 1 unspecified atom stereocenters. The molecule has 3 aromatic rings. The topological polar surface area (TPSA) is 107 Å². The molecule has 1 aromatic carbocycles. The second-order valence-corrected chi connectivity index (χ2v) is 10.9. The molecule has 1 aliphatic rings. The summed E-state index contributed by atoms with van der Waals surface area (Å²) in [4.78, 5) is 12.3. The summed E-state index contributed by atoms with van der Waals surface area (Å²) >= 11 is 4.56. The van der Waals surface area contributed by atoms with Gasteiger partial charge in [0.1, 0.15) is 0 Å². The van der Waals surface area contributed by atoms with Gasteiger partial charge in [-0.3, -0.25) is 9.36 Å². The van der Waals surface area contributed by atoms with E-state index in [2.05, 4.69) is 31.4 Å². The fourth-order valence-corrected chi connectivity index (χ4v) is 5.96. The van der Waals surface area contributed by atoms with Gasteiger partial charge in [-0.15, -0.1) is 10.2 Å². The molecule has 1 fully saturated rings. The van der Waals surface area contributed by atoms with Crippen LogP contribution in [-0.2, 0) is 21.2 Å². The van der Waals surface area contributed by atoms with E-state index in [1.165, 1.54) is 11.8 Å². The van der Waals surface area contributed by atoms with E-state index in [1.54, 1.807) is 12.1 Å². The predicted octanol–water partition coefficient (Wildman–Crippen LogP) is 2.74. The SMILES string of the molecule is O=C(CSc1nnc(-c2ccc(Br)o2)n1Cc1ccccc1)NC1CCS(=O)(=O)C1. The molecule has 2 aromatic heterocycles. The number of furan rings is 1. The average Bonchev–Trinajstić information content (AvgIpc) is 3.40. The molecule has 158 valence electrons. The first-order valence-electron chi connectivity index (χ1n) is 9.25. The fourth-order valence-electron chi connectivity index (χ4n) is 3.23. The second-order valence-electron chi connectivity index (χ2n) is 6.94. The number of amides is 1. The van der Waals surface area contributed by atoms with Gasteiger partial charge in [0, 0.05) is 6.04 Å². The molecule has 30 heavy (non-hydrogen) atoms. The monoisotopic (exact) mass is 510 g/mol. The summed E-state index contributed by atoms with van der Waals surface area (Å²) < 4.78 is 31.3. The molecular formula is C19H19BrN4O4S2. The zero-order chi connectivity index (χ0) is 21.1. The Hall–Kier alpha value is -2.11. The number of nitrogens with one attached hydrogen (secondary N) is 1. The standard InChI is InChI=1S/C19H19BrN4O4S2/c20-16-7-6-15(28-16)18-22-23-19(24(18)10-13-4-2-1-3-5-13)29-11-17(25)21-14-8-9-30(26,27)12-14/h1-7,14H,8-12H2,(H,21,25). The normalized spacial score (nSPS) is 17.8. The number of carbonyl (C=O) groups is 1. The van der Waals surface area contributed by atoms with Crippen molar-refractivity contribution in [2.45, 2.75) is 24.2 Å². The number of hydrogen-bond donors (Lipinski definition) is 1. The Morgan fingerprint density at radius 1 is 1.23 bits per heavy atom. The maximum Gasteiger partial charge on any atom is 0.230 e. The summed E-state index contributed by atoms with van der Waals surface area (Å²) in [6.07, 6.45) is 0.459. The Balaban J connectivity index is 1.49. The van der Waals surface area contributed by atoms with Crippen LogP contribution in [0.15, 0.2) is 56.7 Å². The Kier molecular flexibility index (Phi) is 6.30. The van der Waals surface area contributed by atoms with E-state index < -0.39 is 9.84 Å². The zero-order valence-electron chi connectivity index (χ0n) is 15.8. The molecule has 4 rings (SSSR count). The van der Waals surface area contributed by atoms with Crippen LogP contribution in [0.2, 0.25) is 0 Å². The van der Waals surface area contributed by atoms with Crippen LogP contribution in [0.25, 0.3) is 11.6 Å². The summed E-state index contributed by atoms with van der Waals surface area (Å²) in [6.45, 7) is 0.520. The summed E-state index contributed by atoms with van der Waals surface area (Å²) in [5.74, 6) is 1.15. The first kappa shape index (κ1) is 21.1. The van der Waals surface area contributed by atoms with E-state index in [1.807, 2.05) is 34.9 Å². The number of nitrogens with zero attached hydrogens (tertiary/aromatic N) is 3. The van der Waals surface area contributed by atoms with Crippen molar-refractivity contribution in [1.29, 1.82) is 0 Å². The number of thioether (sulfide) groups is 1. The van der Waals surface area contributed by atoms with Crippen molar-refractivity contribution in [3.8, 4) is 11.6 Å². The molecule has 1 amide bonds. The Morgan fingerprint density at radius 3 is 2.70 bits per heavy atom. The highest BCUT2D eigenvalue weighted by Gasteiger charge is 2.29. The molecule has 1 aliphatic heterocycles. The van der Waals surface area contributed by atoms with Crippen molar-refractivity contribution in [3.05, 3.63) is 52.7 Å². The number of carbonyl (C=O) groups excluding carboxylic acids is 1. The van der Waals surface area contributed by atoms with Gasteiger partial charge >= 0.3 is 0 Å². The molecular weight excluding hydrogens is 492 g/mol. The lowest BCUT2D eigenvalue weighted by molar-refractivity contribution is -0.119. The minimum atomic E-state index is -3.04. The first-order valence-corrected chi connectivity index (χ1v) is 12.8. The van der Waals surface area contributed by atoms with Gasteiger partial charge in [0.05, 0.1) is 23.8 Å². The lowest BCUT2D eigenvalue weighted by atomic mass is 10.2. The van der Waals surface area contributed by atoms with Gasteiger partial charge in [-0.1, -0.05) is 42.1 Å². The van der Waals surface area contributed by atoms with E-state index in [0.29, 0.717) is 34.4 Å². The van der Waals surface area contributed by atoms with Gasteiger partial charge in [0.15, 0.2) is 25.4 Å². The van der Waals surface area contributed by atoms with Crippen LogP contribution >= 0.6 is 27.7 Å². The van der Waals surface area contributed by atoms with Gasteiger partial charge in [-0.2, -0.15) is 0 Å². The average molecular weight is 511 g/mol. The van der Waals surface area contributed by atoms with Crippen LogP contribution in [0, 0.1) is 0 Å². The van der Waals surface area contributed by atoms with E-state index in [9.17, 15) is 13.2 Å². The van der Waals surface area contributed by atoms with E-state index >= 15 is 0 Å². The minimum Gasteiger partial charge on any atom is -0.446 e. The number of hydrogen-bond acceptors (Lipinski definition) is 7. The minimum absolute atomic E-state index is 0.00508. The van der Waals surface area contributed by atoms with Crippen LogP contribution in [0.3, 0.4) is 0 Å². The Labute approximate surface area is 186 Å². The third-order valence-electron chi connectivity index (χ3n) is 4.62. The summed E-state index contributed by atoms with van der Waals surface area (Å²) in [6, 6.07) is 13.1. The number of rotatable bonds is 7. The van der Waals surface area contributed by atoms with Gasteiger partial charge in [0.2, 0.25) is 11.7 Å². The summed E-state index contributed by atoms with van der Waals surface area (Å²) in [7, 11) is -3.04. The first-order chi connectivity index (χ1) is 14.4. The highest BCUT2D eigenvalue weighted by Crippen LogP contribution is 2.28. The van der Waals surface area contributed by atoms with Crippen LogP contribution < -0.4 is 5.32 Å². The Bertz CT molecular complexity index is 1140. The van der Waals surface area contributed by atoms with Crippen LogP contribution in [0.1, 0.15) is 12.0 Å². The van der Waals surface area contributed by atoms with Crippen LogP contribution in [-0.4, -0.2) is 52.4 Å². The molecule has 3 heterocycles. The van der Waals surface area contributed by atoms with Crippen molar-refractivity contribution >= 4 is 43.4 Å². The Morgan fingerprint density at radius 2 is 2.03 bits per heavy atom. The van der Waals surface area contributed by atoms with Gasteiger partial charge in [0.25, 0.3) is 0 Å². The molecule has 1 saturated heterocycles. The van der Waals surface area contributed by atoms with Gasteiger partial charge < -0.3 is 9.73 Å². The maximum atomic E-state index is 12.3. The van der Waals surface area contributed by atoms with E-state index in [0.717, 1.165) is 5.56 Å². The number of sulfone groups is 1. The predicted molar refractivity (Wildman–Crippen MR) is 117 cm³/mol. The van der Waals surface area contributed by atoms with E-state index in [4.69, 9.17) is 4.42 Å². The summed E-state index contributed by atoms with van der Waals surface area (Å²) in [5, 5.41) is 11.9. The lowest BCUT2D eigenvalue weighted by Crippen LogP contribution is -2.36. The van der Waals surface area contributed by atoms with Crippen molar-refractivity contribution in [2.24, 2.45) is 0 Å². The van der Waals surface area contributed by atoms with Crippen LogP contribution in [0.5, 0.6) is 0 Å². The summed E-state index contributed by atoms with van der Waals surface area (Å²) in [5.41, 5.74) is 1.06. The van der Waals surface area contributed by atoms with Gasteiger partial charge in [-0.25, -0.2) is 8.42 Å².